The van der Waals surface area contributed by atoms with Gasteiger partial charge in [0.15, 0.2) is 11.0 Å². The van der Waals surface area contributed by atoms with Crippen molar-refractivity contribution in [3.05, 3.63) is 58.1 Å². The van der Waals surface area contributed by atoms with Gasteiger partial charge in [0.25, 0.3) is 0 Å². The third kappa shape index (κ3) is 3.82. The van der Waals surface area contributed by atoms with Crippen molar-refractivity contribution < 1.29 is 4.52 Å². The van der Waals surface area contributed by atoms with Crippen molar-refractivity contribution in [2.24, 2.45) is 0 Å². The molecule has 2 N–H and O–H groups in total. The monoisotopic (exact) mass is 303 g/mol. The molecule has 0 aliphatic heterocycles. The molecular formula is C13H13N5O2S. The summed E-state index contributed by atoms with van der Waals surface area (Å²) in [7, 11) is 0. The number of rotatable bonds is 6. The van der Waals surface area contributed by atoms with Crippen LogP contribution >= 0.6 is 11.8 Å². The van der Waals surface area contributed by atoms with Gasteiger partial charge in [-0.05, 0) is 12.0 Å². The highest BCUT2D eigenvalue weighted by Crippen LogP contribution is 2.16. The third-order valence-electron chi connectivity index (χ3n) is 2.80. The lowest BCUT2D eigenvalue weighted by molar-refractivity contribution is 0.385. The van der Waals surface area contributed by atoms with Crippen molar-refractivity contribution in [3.8, 4) is 0 Å². The van der Waals surface area contributed by atoms with Crippen LogP contribution < -0.4 is 5.69 Å². The molecule has 0 saturated carbocycles. The average Bonchev–Trinajstić information content (AvgIpc) is 3.13. The number of aromatic nitrogens is 5. The molecule has 0 aliphatic carbocycles. The van der Waals surface area contributed by atoms with E-state index in [-0.39, 0.29) is 5.69 Å². The first-order valence-corrected chi connectivity index (χ1v) is 7.41. The van der Waals surface area contributed by atoms with Gasteiger partial charge in [0.05, 0.1) is 5.75 Å². The normalized spacial score (nSPS) is 10.9. The van der Waals surface area contributed by atoms with Gasteiger partial charge in [-0.25, -0.2) is 9.89 Å². The number of nitrogens with one attached hydrogen (secondary N) is 2. The molecule has 1 aromatic carbocycles. The summed E-state index contributed by atoms with van der Waals surface area (Å²) in [5.41, 5.74) is 0.916. The zero-order valence-electron chi connectivity index (χ0n) is 11.1. The van der Waals surface area contributed by atoms with Gasteiger partial charge in [-0.1, -0.05) is 47.3 Å². The van der Waals surface area contributed by atoms with E-state index in [1.165, 1.54) is 17.3 Å². The molecule has 3 aromatic rings. The van der Waals surface area contributed by atoms with Gasteiger partial charge in [0.2, 0.25) is 5.89 Å². The Morgan fingerprint density at radius 3 is 2.81 bits per heavy atom. The van der Waals surface area contributed by atoms with E-state index in [1.54, 1.807) is 0 Å². The summed E-state index contributed by atoms with van der Waals surface area (Å²) in [5, 5.41) is 10.5. The van der Waals surface area contributed by atoms with E-state index in [1.807, 2.05) is 18.2 Å². The zero-order valence-corrected chi connectivity index (χ0v) is 11.9. The molecule has 2 aromatic heterocycles. The van der Waals surface area contributed by atoms with Crippen LogP contribution in [0, 0.1) is 0 Å². The van der Waals surface area contributed by atoms with Crippen LogP contribution in [0.2, 0.25) is 0 Å². The molecular weight excluding hydrogens is 290 g/mol. The summed E-state index contributed by atoms with van der Waals surface area (Å²) in [4.78, 5) is 17.8. The van der Waals surface area contributed by atoms with Gasteiger partial charge in [0, 0.05) is 6.42 Å². The number of hydrogen-bond donors (Lipinski definition) is 2. The molecule has 0 aliphatic rings. The number of hydrogen-bond acceptors (Lipinski definition) is 6. The van der Waals surface area contributed by atoms with E-state index in [0.717, 1.165) is 12.8 Å². The Morgan fingerprint density at radius 2 is 2.05 bits per heavy atom. The van der Waals surface area contributed by atoms with Crippen molar-refractivity contribution in [3.63, 3.8) is 0 Å². The molecule has 0 amide bonds. The Bertz CT molecular complexity index is 749. The number of H-pyrrole nitrogens is 2. The summed E-state index contributed by atoms with van der Waals surface area (Å²) < 4.78 is 5.17. The minimum Gasteiger partial charge on any atom is -0.338 e. The fraction of sp³-hybridized carbons (Fsp3) is 0.231. The maximum absolute atomic E-state index is 10.9. The maximum atomic E-state index is 10.9. The minimum absolute atomic E-state index is 0.327. The quantitative estimate of drug-likeness (QED) is 0.670. The van der Waals surface area contributed by atoms with Crippen molar-refractivity contribution in [2.75, 3.05) is 0 Å². The van der Waals surface area contributed by atoms with E-state index in [4.69, 9.17) is 4.52 Å². The minimum atomic E-state index is -0.327. The highest BCUT2D eigenvalue weighted by molar-refractivity contribution is 7.98. The van der Waals surface area contributed by atoms with Crippen LogP contribution in [-0.4, -0.2) is 25.3 Å². The number of thioether (sulfide) groups is 1. The largest absolute Gasteiger partial charge is 0.341 e. The molecule has 8 heteroatoms. The van der Waals surface area contributed by atoms with Crippen LogP contribution in [0.4, 0.5) is 0 Å². The summed E-state index contributed by atoms with van der Waals surface area (Å²) in [6, 6.07) is 10.2. The van der Waals surface area contributed by atoms with E-state index >= 15 is 0 Å². The van der Waals surface area contributed by atoms with Gasteiger partial charge in [-0.2, -0.15) is 4.98 Å². The van der Waals surface area contributed by atoms with E-state index in [0.29, 0.717) is 22.6 Å². The van der Waals surface area contributed by atoms with Crippen molar-refractivity contribution in [1.29, 1.82) is 0 Å². The van der Waals surface area contributed by atoms with Crippen LogP contribution in [0.3, 0.4) is 0 Å². The van der Waals surface area contributed by atoms with E-state index in [9.17, 15) is 4.79 Å². The van der Waals surface area contributed by atoms with Crippen molar-refractivity contribution in [2.45, 2.75) is 23.8 Å². The fourth-order valence-electron chi connectivity index (χ4n) is 1.80. The molecule has 108 valence electrons. The lowest BCUT2D eigenvalue weighted by Gasteiger charge is -1.96. The van der Waals surface area contributed by atoms with Crippen LogP contribution in [0.15, 0.2) is 44.8 Å². The molecule has 0 fully saturated rings. The Kier molecular flexibility index (Phi) is 4.15. The molecule has 2 heterocycles. The molecule has 0 radical (unpaired) electrons. The Balaban J connectivity index is 1.52. The first-order chi connectivity index (χ1) is 10.3. The lowest BCUT2D eigenvalue weighted by atomic mass is 10.1. The van der Waals surface area contributed by atoms with Crippen LogP contribution in [0.5, 0.6) is 0 Å². The Labute approximate surface area is 124 Å². The topological polar surface area (TPSA) is 100 Å². The highest BCUT2D eigenvalue weighted by atomic mass is 32.2. The van der Waals surface area contributed by atoms with Crippen molar-refractivity contribution >= 4 is 11.8 Å². The van der Waals surface area contributed by atoms with Gasteiger partial charge < -0.3 is 4.52 Å². The second kappa shape index (κ2) is 6.40. The summed E-state index contributed by atoms with van der Waals surface area (Å²) in [5.74, 6) is 1.68. The van der Waals surface area contributed by atoms with Crippen LogP contribution in [0.1, 0.15) is 17.3 Å². The lowest BCUT2D eigenvalue weighted by Crippen LogP contribution is -2.00. The molecule has 7 nitrogen and oxygen atoms in total. The number of aromatic amines is 2. The molecule has 0 atom stereocenters. The van der Waals surface area contributed by atoms with Gasteiger partial charge >= 0.3 is 5.69 Å². The van der Waals surface area contributed by atoms with Crippen LogP contribution in [-0.2, 0) is 18.6 Å². The zero-order chi connectivity index (χ0) is 14.5. The predicted molar refractivity (Wildman–Crippen MR) is 76.9 cm³/mol. The molecule has 0 spiro atoms. The standard InChI is InChI=1S/C13H13N5O2S/c19-12-15-13(17-16-12)21-8-11-14-10(18-20-11)7-6-9-4-2-1-3-5-9/h1-5H,6-8H2,(H2,15,16,17,19). The Morgan fingerprint density at radius 1 is 1.19 bits per heavy atom. The van der Waals surface area contributed by atoms with E-state index < -0.39 is 0 Å². The molecule has 0 saturated heterocycles. The molecule has 0 unspecified atom stereocenters. The van der Waals surface area contributed by atoms with Crippen LogP contribution in [0.25, 0.3) is 0 Å². The third-order valence-corrected chi connectivity index (χ3v) is 3.66. The second-order valence-electron chi connectivity index (χ2n) is 4.36. The SMILES string of the molecule is O=c1[nH]nc(SCc2nc(CCc3ccccc3)no2)[nH]1. The Hall–Kier alpha value is -2.35. The number of aryl methyl sites for hydroxylation is 2. The molecule has 21 heavy (non-hydrogen) atoms. The highest BCUT2D eigenvalue weighted by Gasteiger charge is 2.08. The maximum Gasteiger partial charge on any atom is 0.341 e. The van der Waals surface area contributed by atoms with Gasteiger partial charge in [0.1, 0.15) is 0 Å². The smallest absolute Gasteiger partial charge is 0.338 e. The summed E-state index contributed by atoms with van der Waals surface area (Å²) in [6.07, 6.45) is 1.61. The van der Waals surface area contributed by atoms with Gasteiger partial charge in [-0.3, -0.25) is 4.98 Å². The number of nitrogens with zero attached hydrogens (tertiary/aromatic N) is 3. The number of benzene rings is 1. The van der Waals surface area contributed by atoms with Gasteiger partial charge in [-0.15, -0.1) is 5.10 Å². The molecule has 3 rings (SSSR count). The summed E-state index contributed by atoms with van der Waals surface area (Å²) >= 11 is 1.33. The van der Waals surface area contributed by atoms with Crippen molar-refractivity contribution in [1.82, 2.24) is 25.3 Å². The average molecular weight is 303 g/mol. The summed E-state index contributed by atoms with van der Waals surface area (Å²) in [6.45, 7) is 0. The fourth-order valence-corrected chi connectivity index (χ4v) is 2.46. The predicted octanol–water partition coefficient (Wildman–Crippen LogP) is 1.56. The first kappa shape index (κ1) is 13.6. The van der Waals surface area contributed by atoms with E-state index in [2.05, 4.69) is 37.5 Å². The second-order valence-corrected chi connectivity index (χ2v) is 5.33. The molecule has 0 bridgehead atoms. The first-order valence-electron chi connectivity index (χ1n) is 6.42.